The van der Waals surface area contributed by atoms with Crippen LogP contribution in [0.3, 0.4) is 0 Å². The Labute approximate surface area is 112 Å². The van der Waals surface area contributed by atoms with E-state index in [1.165, 1.54) is 10.6 Å². The van der Waals surface area contributed by atoms with Crippen LogP contribution in [0.2, 0.25) is 0 Å². The van der Waals surface area contributed by atoms with Gasteiger partial charge in [0.2, 0.25) is 0 Å². The molecule has 0 bridgehead atoms. The van der Waals surface area contributed by atoms with Crippen LogP contribution in [0, 0.1) is 0 Å². The van der Waals surface area contributed by atoms with E-state index in [0.717, 1.165) is 5.56 Å². The molecule has 0 unspecified atom stereocenters. The Morgan fingerprint density at radius 2 is 2.25 bits per heavy atom. The van der Waals surface area contributed by atoms with E-state index in [4.69, 9.17) is 5.11 Å². The summed E-state index contributed by atoms with van der Waals surface area (Å²) in [5, 5.41) is 11.7. The van der Waals surface area contributed by atoms with E-state index in [9.17, 15) is 9.59 Å². The Hall–Kier alpha value is -2.96. The standard InChI is InChI=1S/C13H10N4O3/c18-12-4-9(5-13(19)20)15-11-6-10(16-17(11)12)8-2-1-3-14-7-8/h1-4,6-7,16H,5H2,(H,19,20). The Bertz CT molecular complexity index is 836. The zero-order chi connectivity index (χ0) is 14.1. The Balaban J connectivity index is 2.14. The Morgan fingerprint density at radius 1 is 1.40 bits per heavy atom. The molecule has 3 heterocycles. The van der Waals surface area contributed by atoms with Crippen LogP contribution in [0.25, 0.3) is 16.9 Å². The first-order valence-corrected chi connectivity index (χ1v) is 5.87. The van der Waals surface area contributed by atoms with Crippen LogP contribution in [0.15, 0.2) is 41.5 Å². The second-order valence-electron chi connectivity index (χ2n) is 4.26. The Morgan fingerprint density at radius 3 is 2.95 bits per heavy atom. The quantitative estimate of drug-likeness (QED) is 0.730. The van der Waals surface area contributed by atoms with Crippen molar-refractivity contribution in [2.75, 3.05) is 0 Å². The summed E-state index contributed by atoms with van der Waals surface area (Å²) in [4.78, 5) is 30.7. The van der Waals surface area contributed by atoms with Gasteiger partial charge in [-0.3, -0.25) is 19.7 Å². The van der Waals surface area contributed by atoms with E-state index in [-0.39, 0.29) is 17.7 Å². The van der Waals surface area contributed by atoms with Crippen molar-refractivity contribution in [1.82, 2.24) is 19.6 Å². The maximum Gasteiger partial charge on any atom is 0.309 e. The molecular formula is C13H10N4O3. The number of fused-ring (bicyclic) bond motifs is 1. The van der Waals surface area contributed by atoms with E-state index in [0.29, 0.717) is 11.3 Å². The van der Waals surface area contributed by atoms with Crippen molar-refractivity contribution in [3.05, 3.63) is 52.7 Å². The number of aliphatic carboxylic acids is 1. The third-order valence-corrected chi connectivity index (χ3v) is 2.81. The normalized spacial score (nSPS) is 10.8. The van der Waals surface area contributed by atoms with Crippen LogP contribution in [0.1, 0.15) is 5.69 Å². The summed E-state index contributed by atoms with van der Waals surface area (Å²) in [5.41, 5.74) is 1.78. The number of carboxylic acids is 1. The summed E-state index contributed by atoms with van der Waals surface area (Å²) in [5.74, 6) is -1.02. The molecule has 7 nitrogen and oxygen atoms in total. The fourth-order valence-corrected chi connectivity index (χ4v) is 1.96. The first-order chi connectivity index (χ1) is 9.63. The number of aromatic nitrogens is 4. The fourth-order valence-electron chi connectivity index (χ4n) is 1.96. The molecule has 0 radical (unpaired) electrons. The Kier molecular flexibility index (Phi) is 2.79. The highest BCUT2D eigenvalue weighted by Gasteiger charge is 2.09. The van der Waals surface area contributed by atoms with Gasteiger partial charge in [0.25, 0.3) is 5.56 Å². The van der Waals surface area contributed by atoms with Crippen molar-refractivity contribution < 1.29 is 9.90 Å². The third kappa shape index (κ3) is 2.16. The van der Waals surface area contributed by atoms with Gasteiger partial charge < -0.3 is 5.11 Å². The van der Waals surface area contributed by atoms with E-state index >= 15 is 0 Å². The fraction of sp³-hybridized carbons (Fsp3) is 0.0769. The zero-order valence-corrected chi connectivity index (χ0v) is 10.3. The van der Waals surface area contributed by atoms with Gasteiger partial charge in [-0.05, 0) is 12.1 Å². The van der Waals surface area contributed by atoms with Crippen LogP contribution in [0.5, 0.6) is 0 Å². The number of nitrogens with one attached hydrogen (secondary N) is 1. The number of pyridine rings is 1. The lowest BCUT2D eigenvalue weighted by Gasteiger charge is -1.97. The maximum atomic E-state index is 11.9. The molecule has 0 aromatic carbocycles. The monoisotopic (exact) mass is 270 g/mol. The van der Waals surface area contributed by atoms with Crippen LogP contribution >= 0.6 is 0 Å². The number of hydrogen-bond acceptors (Lipinski definition) is 4. The van der Waals surface area contributed by atoms with Crippen molar-refractivity contribution in [3.63, 3.8) is 0 Å². The lowest BCUT2D eigenvalue weighted by atomic mass is 10.2. The second-order valence-corrected chi connectivity index (χ2v) is 4.26. The van der Waals surface area contributed by atoms with E-state index in [2.05, 4.69) is 15.1 Å². The summed E-state index contributed by atoms with van der Waals surface area (Å²) in [6.07, 6.45) is 3.04. The number of carboxylic acid groups (broad SMARTS) is 1. The molecule has 3 aromatic heterocycles. The van der Waals surface area contributed by atoms with Crippen molar-refractivity contribution in [1.29, 1.82) is 0 Å². The van der Waals surface area contributed by atoms with Gasteiger partial charge in [0, 0.05) is 30.1 Å². The topological polar surface area (TPSA) is 100 Å². The van der Waals surface area contributed by atoms with Gasteiger partial charge in [-0.25, -0.2) is 9.50 Å². The number of nitrogens with zero attached hydrogens (tertiary/aromatic N) is 3. The van der Waals surface area contributed by atoms with Gasteiger partial charge in [0.15, 0.2) is 5.65 Å². The molecule has 0 saturated carbocycles. The third-order valence-electron chi connectivity index (χ3n) is 2.81. The van der Waals surface area contributed by atoms with E-state index in [1.807, 2.05) is 6.07 Å². The highest BCUT2D eigenvalue weighted by molar-refractivity contribution is 5.70. The van der Waals surface area contributed by atoms with Gasteiger partial charge in [0.05, 0.1) is 17.8 Å². The van der Waals surface area contributed by atoms with Crippen molar-refractivity contribution >= 4 is 11.6 Å². The summed E-state index contributed by atoms with van der Waals surface area (Å²) in [6, 6.07) is 6.53. The van der Waals surface area contributed by atoms with E-state index < -0.39 is 5.97 Å². The smallest absolute Gasteiger partial charge is 0.309 e. The summed E-state index contributed by atoms with van der Waals surface area (Å²) >= 11 is 0. The predicted molar refractivity (Wildman–Crippen MR) is 70.4 cm³/mol. The van der Waals surface area contributed by atoms with Crippen LogP contribution in [0.4, 0.5) is 0 Å². The SMILES string of the molecule is O=C(O)Cc1cc(=O)n2[nH]c(-c3cccnc3)cc2n1. The molecular weight excluding hydrogens is 260 g/mol. The molecule has 0 spiro atoms. The molecule has 0 aliphatic heterocycles. The van der Waals surface area contributed by atoms with Gasteiger partial charge in [-0.15, -0.1) is 0 Å². The van der Waals surface area contributed by atoms with Gasteiger partial charge in [0.1, 0.15) is 0 Å². The molecule has 0 saturated heterocycles. The molecule has 3 rings (SSSR count). The van der Waals surface area contributed by atoms with Crippen LogP contribution < -0.4 is 5.56 Å². The minimum absolute atomic E-state index is 0.235. The maximum absolute atomic E-state index is 11.9. The van der Waals surface area contributed by atoms with Crippen LogP contribution in [-0.2, 0) is 11.2 Å². The first-order valence-electron chi connectivity index (χ1n) is 5.87. The number of carbonyl (C=O) groups is 1. The van der Waals surface area contributed by atoms with Crippen molar-refractivity contribution in [3.8, 4) is 11.3 Å². The second kappa shape index (κ2) is 4.61. The molecule has 0 atom stereocenters. The number of aromatic amines is 1. The molecule has 2 N–H and O–H groups in total. The number of H-pyrrole nitrogens is 1. The lowest BCUT2D eigenvalue weighted by Crippen LogP contribution is -2.16. The minimum atomic E-state index is -1.02. The van der Waals surface area contributed by atoms with E-state index in [1.54, 1.807) is 24.5 Å². The molecule has 20 heavy (non-hydrogen) atoms. The zero-order valence-electron chi connectivity index (χ0n) is 10.3. The van der Waals surface area contributed by atoms with Crippen molar-refractivity contribution in [2.24, 2.45) is 0 Å². The molecule has 100 valence electrons. The first kappa shape index (κ1) is 12.1. The van der Waals surface area contributed by atoms with Gasteiger partial charge >= 0.3 is 5.97 Å². The van der Waals surface area contributed by atoms with Crippen molar-refractivity contribution in [2.45, 2.75) is 6.42 Å². The van der Waals surface area contributed by atoms with Gasteiger partial charge in [-0.1, -0.05) is 0 Å². The summed E-state index contributed by atoms with van der Waals surface area (Å²) < 4.78 is 1.27. The molecule has 0 aliphatic rings. The lowest BCUT2D eigenvalue weighted by molar-refractivity contribution is -0.136. The molecule has 0 amide bonds. The minimum Gasteiger partial charge on any atom is -0.481 e. The highest BCUT2D eigenvalue weighted by Crippen LogP contribution is 2.16. The number of rotatable bonds is 3. The van der Waals surface area contributed by atoms with Crippen LogP contribution in [-0.4, -0.2) is 30.7 Å². The van der Waals surface area contributed by atoms with Gasteiger partial charge in [-0.2, -0.15) is 0 Å². The number of hydrogen-bond donors (Lipinski definition) is 2. The highest BCUT2D eigenvalue weighted by atomic mass is 16.4. The molecule has 7 heteroatoms. The average molecular weight is 270 g/mol. The molecule has 0 fully saturated rings. The molecule has 3 aromatic rings. The summed E-state index contributed by atoms with van der Waals surface area (Å²) in [7, 11) is 0. The average Bonchev–Trinajstić information content (AvgIpc) is 2.83. The predicted octanol–water partition coefficient (Wildman–Crippen LogP) is 0.712. The summed E-state index contributed by atoms with van der Waals surface area (Å²) in [6.45, 7) is 0. The molecule has 0 aliphatic carbocycles. The largest absolute Gasteiger partial charge is 0.481 e.